The van der Waals surface area contributed by atoms with Gasteiger partial charge in [-0.3, -0.25) is 0 Å². The first-order valence-corrected chi connectivity index (χ1v) is 8.43. The van der Waals surface area contributed by atoms with Crippen LogP contribution in [0.4, 0.5) is 0 Å². The minimum absolute atomic E-state index is 0.262. The summed E-state index contributed by atoms with van der Waals surface area (Å²) in [5, 5.41) is 3.44. The number of para-hydroxylation sites is 1. The smallest absolute Gasteiger partial charge is 0.164 e. The lowest BCUT2D eigenvalue weighted by atomic mass is 10.1. The van der Waals surface area contributed by atoms with E-state index >= 15 is 0 Å². The van der Waals surface area contributed by atoms with E-state index in [2.05, 4.69) is 23.9 Å². The number of hydrogen-bond acceptors (Lipinski definition) is 4. The molecule has 0 unspecified atom stereocenters. The minimum Gasteiger partial charge on any atom is -0.493 e. The second-order valence-corrected chi connectivity index (χ2v) is 5.69. The van der Waals surface area contributed by atoms with E-state index in [9.17, 15) is 0 Å². The molecule has 26 heavy (non-hydrogen) atoms. The van der Waals surface area contributed by atoms with Crippen LogP contribution in [0.15, 0.2) is 49.1 Å². The normalized spacial score (nSPS) is 10.0. The van der Waals surface area contributed by atoms with Gasteiger partial charge in [-0.1, -0.05) is 36.3 Å². The topological polar surface area (TPSA) is 39.7 Å². The molecule has 136 valence electrons. The van der Waals surface area contributed by atoms with Crippen LogP contribution >= 0.6 is 0 Å². The lowest BCUT2D eigenvalue weighted by Gasteiger charge is -2.15. The molecule has 0 saturated carbocycles. The summed E-state index contributed by atoms with van der Waals surface area (Å²) in [6, 6.07) is 12.0. The number of allylic oxidation sites excluding steroid dienone is 1. The molecule has 0 aliphatic carbocycles. The highest BCUT2D eigenvalue weighted by Crippen LogP contribution is 2.33. The van der Waals surface area contributed by atoms with Crippen molar-refractivity contribution in [2.75, 3.05) is 20.8 Å². The molecule has 0 aliphatic rings. The first kappa shape index (κ1) is 19.4. The predicted octanol–water partition coefficient (Wildman–Crippen LogP) is 3.73. The molecule has 0 radical (unpaired) electrons. The van der Waals surface area contributed by atoms with Crippen LogP contribution < -0.4 is 19.5 Å². The van der Waals surface area contributed by atoms with Crippen LogP contribution in [-0.2, 0) is 19.5 Å². The Kier molecular flexibility index (Phi) is 7.60. The molecule has 2 aromatic rings. The maximum Gasteiger partial charge on any atom is 0.164 e. The fourth-order valence-electron chi connectivity index (χ4n) is 2.77. The molecule has 2 aromatic carbocycles. The van der Waals surface area contributed by atoms with Crippen LogP contribution in [0.25, 0.3) is 0 Å². The van der Waals surface area contributed by atoms with Crippen LogP contribution in [0, 0.1) is 12.3 Å². The Balaban J connectivity index is 2.09. The van der Waals surface area contributed by atoms with Gasteiger partial charge < -0.3 is 19.5 Å². The van der Waals surface area contributed by atoms with Crippen LogP contribution in [0.2, 0.25) is 0 Å². The van der Waals surface area contributed by atoms with Gasteiger partial charge >= 0.3 is 0 Å². The zero-order chi connectivity index (χ0) is 18.8. The van der Waals surface area contributed by atoms with Crippen molar-refractivity contribution in [1.29, 1.82) is 0 Å². The number of ether oxygens (including phenoxy) is 3. The number of rotatable bonds is 10. The van der Waals surface area contributed by atoms with E-state index in [1.807, 2.05) is 36.4 Å². The third kappa shape index (κ3) is 5.05. The molecular weight excluding hydrogens is 326 g/mol. The maximum atomic E-state index is 5.58. The molecule has 0 atom stereocenters. The third-order valence-corrected chi connectivity index (χ3v) is 3.91. The molecule has 2 rings (SSSR count). The number of terminal acetylenes is 1. The molecule has 4 heteroatoms. The van der Waals surface area contributed by atoms with E-state index < -0.39 is 0 Å². The fourth-order valence-corrected chi connectivity index (χ4v) is 2.77. The van der Waals surface area contributed by atoms with Crippen molar-refractivity contribution < 1.29 is 14.2 Å². The highest BCUT2D eigenvalue weighted by atomic mass is 16.5. The van der Waals surface area contributed by atoms with E-state index in [1.165, 1.54) is 0 Å². The highest BCUT2D eigenvalue weighted by molar-refractivity contribution is 5.50. The molecule has 0 aromatic heterocycles. The maximum absolute atomic E-state index is 5.58. The summed E-state index contributed by atoms with van der Waals surface area (Å²) >= 11 is 0. The van der Waals surface area contributed by atoms with E-state index in [0.29, 0.717) is 13.1 Å². The quantitative estimate of drug-likeness (QED) is 0.523. The Labute approximate surface area is 155 Å². The third-order valence-electron chi connectivity index (χ3n) is 3.91. The number of hydrogen-bond donors (Lipinski definition) is 1. The van der Waals surface area contributed by atoms with Gasteiger partial charge in [-0.2, -0.15) is 0 Å². The van der Waals surface area contributed by atoms with Gasteiger partial charge in [0.2, 0.25) is 0 Å². The van der Waals surface area contributed by atoms with E-state index in [-0.39, 0.29) is 6.61 Å². The molecule has 4 nitrogen and oxygen atoms in total. The Hall–Kier alpha value is -2.90. The molecular formula is C22H25NO3. The van der Waals surface area contributed by atoms with Gasteiger partial charge in [0, 0.05) is 24.2 Å². The first-order valence-electron chi connectivity index (χ1n) is 8.43. The van der Waals surface area contributed by atoms with Crippen molar-refractivity contribution >= 4 is 0 Å². The van der Waals surface area contributed by atoms with Gasteiger partial charge in [-0.05, 0) is 24.1 Å². The summed E-state index contributed by atoms with van der Waals surface area (Å²) in [5.74, 6) is 4.77. The van der Waals surface area contributed by atoms with Crippen LogP contribution in [0.5, 0.6) is 17.2 Å². The van der Waals surface area contributed by atoms with Gasteiger partial charge in [-0.15, -0.1) is 13.0 Å². The van der Waals surface area contributed by atoms with E-state index in [0.717, 1.165) is 40.4 Å². The Bertz CT molecular complexity index is 777. The highest BCUT2D eigenvalue weighted by Gasteiger charge is 2.11. The average Bonchev–Trinajstić information content (AvgIpc) is 2.67. The summed E-state index contributed by atoms with van der Waals surface area (Å²) in [6.07, 6.45) is 7.85. The van der Waals surface area contributed by atoms with Gasteiger partial charge in [0.25, 0.3) is 0 Å². The monoisotopic (exact) mass is 351 g/mol. The fraction of sp³-hybridized carbons (Fsp3) is 0.273. The summed E-state index contributed by atoms with van der Waals surface area (Å²) in [7, 11) is 3.29. The number of methoxy groups -OCH3 is 2. The molecule has 0 aliphatic heterocycles. The zero-order valence-electron chi connectivity index (χ0n) is 15.4. The van der Waals surface area contributed by atoms with E-state index in [4.69, 9.17) is 20.6 Å². The van der Waals surface area contributed by atoms with Crippen molar-refractivity contribution in [2.24, 2.45) is 0 Å². The molecule has 0 heterocycles. The molecule has 1 N–H and O–H groups in total. The van der Waals surface area contributed by atoms with Crippen LogP contribution in [0.1, 0.15) is 16.7 Å². The largest absolute Gasteiger partial charge is 0.493 e. The zero-order valence-corrected chi connectivity index (χ0v) is 15.4. The molecule has 0 amide bonds. The second-order valence-electron chi connectivity index (χ2n) is 5.69. The van der Waals surface area contributed by atoms with Gasteiger partial charge in [0.05, 0.1) is 14.2 Å². The molecule has 0 spiro atoms. The molecule has 0 fully saturated rings. The Morgan fingerprint density at radius 2 is 1.88 bits per heavy atom. The average molecular weight is 351 g/mol. The van der Waals surface area contributed by atoms with Crippen molar-refractivity contribution in [3.8, 4) is 29.6 Å². The van der Waals surface area contributed by atoms with Crippen molar-refractivity contribution in [2.45, 2.75) is 19.5 Å². The van der Waals surface area contributed by atoms with Gasteiger partial charge in [-0.25, -0.2) is 0 Å². The number of benzene rings is 2. The van der Waals surface area contributed by atoms with Crippen LogP contribution in [0.3, 0.4) is 0 Å². The minimum atomic E-state index is 0.262. The summed E-state index contributed by atoms with van der Waals surface area (Å²) in [6.45, 7) is 5.44. The van der Waals surface area contributed by atoms with Crippen molar-refractivity contribution in [3.63, 3.8) is 0 Å². The number of nitrogens with one attached hydrogen (secondary N) is 1. The van der Waals surface area contributed by atoms with E-state index in [1.54, 1.807) is 14.2 Å². The second kappa shape index (κ2) is 10.2. The lowest BCUT2D eigenvalue weighted by Crippen LogP contribution is -2.14. The Morgan fingerprint density at radius 3 is 2.58 bits per heavy atom. The summed E-state index contributed by atoms with van der Waals surface area (Å²) < 4.78 is 16.5. The summed E-state index contributed by atoms with van der Waals surface area (Å²) in [4.78, 5) is 0. The van der Waals surface area contributed by atoms with Crippen LogP contribution in [-0.4, -0.2) is 20.8 Å². The standard InChI is InChI=1S/C22H25NO3/c1-5-9-18-13-17(14-21(24-3)22(18)25-4)15-23-16-19-10-7-8-11-20(19)26-12-6-2/h2,5,7-8,10-11,13-14,23H,1,9,12,15-16H2,3-4H3. The molecule has 0 bridgehead atoms. The van der Waals surface area contributed by atoms with Gasteiger partial charge in [0.1, 0.15) is 12.4 Å². The first-order chi connectivity index (χ1) is 12.7. The van der Waals surface area contributed by atoms with Crippen molar-refractivity contribution in [1.82, 2.24) is 5.32 Å². The van der Waals surface area contributed by atoms with Crippen molar-refractivity contribution in [3.05, 3.63) is 65.7 Å². The predicted molar refractivity (Wildman–Crippen MR) is 105 cm³/mol. The summed E-state index contributed by atoms with van der Waals surface area (Å²) in [5.41, 5.74) is 3.23. The Morgan fingerprint density at radius 1 is 1.08 bits per heavy atom. The molecule has 0 saturated heterocycles. The van der Waals surface area contributed by atoms with Gasteiger partial charge in [0.15, 0.2) is 11.5 Å². The SMILES string of the molecule is C#CCOc1ccccc1CNCc1cc(CC=C)c(OC)c(OC)c1. The lowest BCUT2D eigenvalue weighted by molar-refractivity contribution is 0.351.